The number of sulfonamides is 1. The van der Waals surface area contributed by atoms with Crippen molar-refractivity contribution in [2.75, 3.05) is 24.0 Å². The van der Waals surface area contributed by atoms with Gasteiger partial charge in [-0.2, -0.15) is 0 Å². The molecule has 1 aliphatic rings. The number of rotatable bonds is 7. The number of nitrogens with zero attached hydrogens (tertiary/aromatic N) is 1. The van der Waals surface area contributed by atoms with Gasteiger partial charge in [-0.05, 0) is 62.2 Å². The summed E-state index contributed by atoms with van der Waals surface area (Å²) in [7, 11) is -3.88. The number of carbonyl (C=O) groups is 1. The summed E-state index contributed by atoms with van der Waals surface area (Å²) >= 11 is 0. The van der Waals surface area contributed by atoms with Crippen LogP contribution in [0.15, 0.2) is 71.6 Å². The zero-order valence-electron chi connectivity index (χ0n) is 19.4. The van der Waals surface area contributed by atoms with E-state index >= 15 is 0 Å². The molecule has 0 saturated heterocycles. The summed E-state index contributed by atoms with van der Waals surface area (Å²) in [4.78, 5) is 13.0. The third kappa shape index (κ3) is 4.87. The SMILES string of the molecule is Cc1ccc(S(=O)(=O)N2C[C@H](C(=O)NCCOc3cccc(C)c3C)Oc3ccccc32)cc1. The molecular weight excluding hydrogens is 452 g/mol. The lowest BCUT2D eigenvalue weighted by Crippen LogP contribution is -2.51. The molecule has 1 heterocycles. The summed E-state index contributed by atoms with van der Waals surface area (Å²) in [5.41, 5.74) is 3.55. The Morgan fingerprint density at radius 1 is 1.03 bits per heavy atom. The van der Waals surface area contributed by atoms with Crippen LogP contribution in [-0.4, -0.2) is 40.1 Å². The van der Waals surface area contributed by atoms with Crippen molar-refractivity contribution in [1.82, 2.24) is 5.32 Å². The number of aryl methyl sites for hydroxylation is 2. The summed E-state index contributed by atoms with van der Waals surface area (Å²) in [6, 6.07) is 19.3. The van der Waals surface area contributed by atoms with Gasteiger partial charge in [-0.15, -0.1) is 0 Å². The Labute approximate surface area is 200 Å². The predicted octanol–water partition coefficient (Wildman–Crippen LogP) is 3.76. The number of nitrogens with one attached hydrogen (secondary N) is 1. The highest BCUT2D eigenvalue weighted by atomic mass is 32.2. The van der Waals surface area contributed by atoms with E-state index in [4.69, 9.17) is 9.47 Å². The van der Waals surface area contributed by atoms with Crippen LogP contribution in [0.1, 0.15) is 16.7 Å². The van der Waals surface area contributed by atoms with E-state index in [0.29, 0.717) is 11.4 Å². The fourth-order valence-electron chi connectivity index (χ4n) is 3.73. The van der Waals surface area contributed by atoms with Gasteiger partial charge >= 0.3 is 0 Å². The first kappa shape index (κ1) is 23.6. The molecule has 3 aromatic rings. The molecule has 0 aromatic heterocycles. The Bertz CT molecular complexity index is 1290. The number of carbonyl (C=O) groups excluding carboxylic acids is 1. The van der Waals surface area contributed by atoms with E-state index in [0.717, 1.165) is 22.4 Å². The Morgan fingerprint density at radius 3 is 2.53 bits per heavy atom. The van der Waals surface area contributed by atoms with Gasteiger partial charge in [0.15, 0.2) is 6.10 Å². The molecule has 178 valence electrons. The Kier molecular flexibility index (Phi) is 6.79. The van der Waals surface area contributed by atoms with Crippen LogP contribution in [0, 0.1) is 20.8 Å². The Balaban J connectivity index is 1.46. The Morgan fingerprint density at radius 2 is 1.76 bits per heavy atom. The van der Waals surface area contributed by atoms with Gasteiger partial charge in [0.25, 0.3) is 15.9 Å². The highest BCUT2D eigenvalue weighted by Crippen LogP contribution is 2.36. The van der Waals surface area contributed by atoms with Crippen LogP contribution in [0.5, 0.6) is 11.5 Å². The quantitative estimate of drug-likeness (QED) is 0.521. The monoisotopic (exact) mass is 480 g/mol. The lowest BCUT2D eigenvalue weighted by molar-refractivity contribution is -0.127. The normalized spacial score (nSPS) is 15.3. The van der Waals surface area contributed by atoms with E-state index in [9.17, 15) is 13.2 Å². The number of anilines is 1. The maximum absolute atomic E-state index is 13.4. The molecule has 0 unspecified atom stereocenters. The molecule has 1 N–H and O–H groups in total. The molecule has 1 amide bonds. The molecule has 1 aliphatic heterocycles. The minimum absolute atomic E-state index is 0.128. The standard InChI is InChI=1S/C26H28N2O5S/c1-18-11-13-21(14-12-18)34(30,31)28-17-25(33-24-9-5-4-8-22(24)28)26(29)27-15-16-32-23-10-6-7-19(2)20(23)3/h4-14,25H,15-17H2,1-3H3,(H,27,29)/t25-/m1/s1. The number of fused-ring (bicyclic) bond motifs is 1. The lowest BCUT2D eigenvalue weighted by atomic mass is 10.1. The number of hydrogen-bond donors (Lipinski definition) is 1. The number of hydrogen-bond acceptors (Lipinski definition) is 5. The third-order valence-electron chi connectivity index (χ3n) is 5.85. The van der Waals surface area contributed by atoms with Crippen LogP contribution in [0.3, 0.4) is 0 Å². The second-order valence-electron chi connectivity index (χ2n) is 8.26. The van der Waals surface area contributed by atoms with Crippen LogP contribution in [0.4, 0.5) is 5.69 Å². The molecular formula is C26H28N2O5S. The van der Waals surface area contributed by atoms with Crippen LogP contribution >= 0.6 is 0 Å². The molecule has 7 nitrogen and oxygen atoms in total. The molecule has 4 rings (SSSR count). The van der Waals surface area contributed by atoms with Crippen molar-refractivity contribution in [2.45, 2.75) is 31.8 Å². The predicted molar refractivity (Wildman–Crippen MR) is 131 cm³/mol. The van der Waals surface area contributed by atoms with Crippen LogP contribution in [0.2, 0.25) is 0 Å². The summed E-state index contributed by atoms with van der Waals surface area (Å²) < 4.78 is 39.8. The van der Waals surface area contributed by atoms with E-state index in [1.165, 1.54) is 4.31 Å². The highest BCUT2D eigenvalue weighted by molar-refractivity contribution is 7.92. The fraction of sp³-hybridized carbons (Fsp3) is 0.269. The van der Waals surface area contributed by atoms with Crippen molar-refractivity contribution in [3.05, 3.63) is 83.4 Å². The van der Waals surface area contributed by atoms with Crippen molar-refractivity contribution in [1.29, 1.82) is 0 Å². The summed E-state index contributed by atoms with van der Waals surface area (Å²) in [6.45, 7) is 6.31. The van der Waals surface area contributed by atoms with E-state index in [-0.39, 0.29) is 24.6 Å². The van der Waals surface area contributed by atoms with Gasteiger partial charge in [0, 0.05) is 0 Å². The summed E-state index contributed by atoms with van der Waals surface area (Å²) in [5.74, 6) is 0.715. The molecule has 3 aromatic carbocycles. The van der Waals surface area contributed by atoms with Gasteiger partial charge < -0.3 is 14.8 Å². The number of benzene rings is 3. The van der Waals surface area contributed by atoms with Crippen molar-refractivity contribution < 1.29 is 22.7 Å². The van der Waals surface area contributed by atoms with Crippen molar-refractivity contribution in [2.24, 2.45) is 0 Å². The average molecular weight is 481 g/mol. The van der Waals surface area contributed by atoms with E-state index in [2.05, 4.69) is 5.32 Å². The average Bonchev–Trinajstić information content (AvgIpc) is 2.83. The molecule has 0 bridgehead atoms. The highest BCUT2D eigenvalue weighted by Gasteiger charge is 2.37. The second-order valence-corrected chi connectivity index (χ2v) is 10.1. The Hall–Kier alpha value is -3.52. The number of para-hydroxylation sites is 2. The lowest BCUT2D eigenvalue weighted by Gasteiger charge is -2.34. The topological polar surface area (TPSA) is 84.9 Å². The molecule has 0 fully saturated rings. The van der Waals surface area contributed by atoms with Crippen LogP contribution < -0.4 is 19.1 Å². The van der Waals surface area contributed by atoms with E-state index < -0.39 is 22.0 Å². The van der Waals surface area contributed by atoms with E-state index in [1.807, 2.05) is 39.0 Å². The largest absolute Gasteiger partial charge is 0.491 e. The molecule has 0 saturated carbocycles. The molecule has 0 radical (unpaired) electrons. The van der Waals surface area contributed by atoms with Gasteiger partial charge in [-0.25, -0.2) is 8.42 Å². The smallest absolute Gasteiger partial charge is 0.264 e. The van der Waals surface area contributed by atoms with Gasteiger partial charge in [0.05, 0.1) is 23.7 Å². The molecule has 1 atom stereocenters. The fourth-order valence-corrected chi connectivity index (χ4v) is 5.21. The maximum Gasteiger partial charge on any atom is 0.264 e. The van der Waals surface area contributed by atoms with Gasteiger partial charge in [0.1, 0.15) is 18.1 Å². The minimum atomic E-state index is -3.88. The first-order valence-electron chi connectivity index (χ1n) is 11.1. The van der Waals surface area contributed by atoms with Crippen LogP contribution in [-0.2, 0) is 14.8 Å². The third-order valence-corrected chi connectivity index (χ3v) is 7.64. The maximum atomic E-state index is 13.4. The van der Waals surface area contributed by atoms with Crippen LogP contribution in [0.25, 0.3) is 0 Å². The van der Waals surface area contributed by atoms with E-state index in [1.54, 1.807) is 48.5 Å². The van der Waals surface area contributed by atoms with Gasteiger partial charge in [-0.3, -0.25) is 9.10 Å². The first-order chi connectivity index (χ1) is 16.3. The summed E-state index contributed by atoms with van der Waals surface area (Å²) in [5, 5.41) is 2.80. The minimum Gasteiger partial charge on any atom is -0.491 e. The summed E-state index contributed by atoms with van der Waals surface area (Å²) in [6.07, 6.45) is -0.990. The molecule has 0 aliphatic carbocycles. The second kappa shape index (κ2) is 9.77. The first-order valence-corrected chi connectivity index (χ1v) is 12.5. The van der Waals surface area contributed by atoms with Crippen molar-refractivity contribution >= 4 is 21.6 Å². The number of amides is 1. The van der Waals surface area contributed by atoms with Crippen molar-refractivity contribution in [3.63, 3.8) is 0 Å². The van der Waals surface area contributed by atoms with Gasteiger partial charge in [-0.1, -0.05) is 42.0 Å². The molecule has 34 heavy (non-hydrogen) atoms. The van der Waals surface area contributed by atoms with Crippen molar-refractivity contribution in [3.8, 4) is 11.5 Å². The zero-order chi connectivity index (χ0) is 24.3. The molecule has 8 heteroatoms. The number of ether oxygens (including phenoxy) is 2. The molecule has 0 spiro atoms. The van der Waals surface area contributed by atoms with Gasteiger partial charge in [0.2, 0.25) is 0 Å². The zero-order valence-corrected chi connectivity index (χ0v) is 20.3.